The molecule has 2 nitrogen and oxygen atoms in total. The van der Waals surface area contributed by atoms with Crippen molar-refractivity contribution in [2.45, 2.75) is 39.1 Å². The molecule has 112 valence electrons. The van der Waals surface area contributed by atoms with Crippen molar-refractivity contribution in [3.63, 3.8) is 0 Å². The van der Waals surface area contributed by atoms with Gasteiger partial charge < -0.3 is 4.57 Å². The fourth-order valence-corrected chi connectivity index (χ4v) is 3.29. The molecule has 1 heterocycles. The molecule has 2 atom stereocenters. The molecule has 2 unspecified atom stereocenters. The van der Waals surface area contributed by atoms with Crippen LogP contribution < -0.4 is 0 Å². The fourth-order valence-electron chi connectivity index (χ4n) is 2.75. The minimum Gasteiger partial charge on any atom is -0.341 e. The minimum absolute atomic E-state index is 0.0162. The van der Waals surface area contributed by atoms with Crippen LogP contribution in [0.3, 0.4) is 0 Å². The summed E-state index contributed by atoms with van der Waals surface area (Å²) in [6.07, 6.45) is 0. The Morgan fingerprint density at radius 3 is 2.48 bits per heavy atom. The summed E-state index contributed by atoms with van der Waals surface area (Å²) < 4.78 is 3.24. The molecule has 0 spiro atoms. The predicted molar refractivity (Wildman–Crippen MR) is 91.5 cm³/mol. The highest BCUT2D eigenvalue weighted by molar-refractivity contribution is 9.10. The van der Waals surface area contributed by atoms with Crippen LogP contribution in [0.15, 0.2) is 34.8 Å². The third-order valence-corrected chi connectivity index (χ3v) is 4.52. The van der Waals surface area contributed by atoms with Crippen LogP contribution in [0.2, 0.25) is 0 Å². The molecule has 0 radical (unpaired) electrons. The molecule has 0 aliphatic rings. The smallest absolute Gasteiger partial charge is 0.182 e. The molecule has 21 heavy (non-hydrogen) atoms. The Balaban J connectivity index is 2.47. The van der Waals surface area contributed by atoms with Crippen LogP contribution in [0.5, 0.6) is 0 Å². The number of benzene rings is 1. The van der Waals surface area contributed by atoms with Crippen LogP contribution in [-0.2, 0) is 0 Å². The van der Waals surface area contributed by atoms with Crippen LogP contribution in [0, 0.1) is 13.8 Å². The highest BCUT2D eigenvalue weighted by Crippen LogP contribution is 2.28. The normalized spacial score (nSPS) is 14.0. The number of aromatic nitrogens is 1. The van der Waals surface area contributed by atoms with E-state index in [1.165, 1.54) is 5.56 Å². The summed E-state index contributed by atoms with van der Waals surface area (Å²) in [5, 5.41) is -0.500. The van der Waals surface area contributed by atoms with E-state index in [4.69, 9.17) is 11.6 Å². The Kier molecular flexibility index (Phi) is 4.95. The second-order valence-electron chi connectivity index (χ2n) is 5.37. The van der Waals surface area contributed by atoms with Crippen molar-refractivity contribution in [2.75, 3.05) is 0 Å². The lowest BCUT2D eigenvalue weighted by atomic mass is 10.1. The Labute approximate surface area is 139 Å². The molecule has 0 fully saturated rings. The van der Waals surface area contributed by atoms with Gasteiger partial charge in [0, 0.05) is 21.4 Å². The number of aryl methyl sites for hydroxylation is 1. The van der Waals surface area contributed by atoms with E-state index in [2.05, 4.69) is 39.6 Å². The number of nitrogens with zero attached hydrogens (tertiary/aromatic N) is 1. The Hall–Kier alpha value is -1.06. The Morgan fingerprint density at radius 1 is 1.24 bits per heavy atom. The van der Waals surface area contributed by atoms with Crippen LogP contribution in [0.1, 0.15) is 47.2 Å². The lowest BCUT2D eigenvalue weighted by molar-refractivity contribution is 0.0991. The molecule has 0 saturated carbocycles. The Bertz CT molecular complexity index is 675. The van der Waals surface area contributed by atoms with E-state index in [9.17, 15) is 4.79 Å². The van der Waals surface area contributed by atoms with Crippen LogP contribution >= 0.6 is 27.5 Å². The van der Waals surface area contributed by atoms with E-state index in [1.807, 2.05) is 32.0 Å². The molecule has 1 aromatic heterocycles. The maximum Gasteiger partial charge on any atom is 0.182 e. The predicted octanol–water partition coefficient (Wildman–Crippen LogP) is 5.29. The van der Waals surface area contributed by atoms with Gasteiger partial charge in [-0.05, 0) is 51.5 Å². The zero-order valence-electron chi connectivity index (χ0n) is 12.7. The van der Waals surface area contributed by atoms with Gasteiger partial charge in [0.05, 0.1) is 11.4 Å². The fraction of sp³-hybridized carbons (Fsp3) is 0.353. The van der Waals surface area contributed by atoms with Crippen molar-refractivity contribution in [1.29, 1.82) is 0 Å². The number of carbonyl (C=O) groups excluding carboxylic acids is 1. The van der Waals surface area contributed by atoms with Gasteiger partial charge in [0.1, 0.15) is 0 Å². The van der Waals surface area contributed by atoms with Gasteiger partial charge in [-0.3, -0.25) is 4.79 Å². The van der Waals surface area contributed by atoms with Gasteiger partial charge in [0.25, 0.3) is 0 Å². The lowest BCUT2D eigenvalue weighted by Gasteiger charge is -2.19. The van der Waals surface area contributed by atoms with E-state index < -0.39 is 5.38 Å². The molecule has 0 amide bonds. The molecule has 0 N–H and O–H groups in total. The lowest BCUT2D eigenvalue weighted by Crippen LogP contribution is -2.14. The molecule has 0 aliphatic heterocycles. The number of carbonyl (C=O) groups is 1. The number of alkyl halides is 1. The molecule has 2 rings (SSSR count). The van der Waals surface area contributed by atoms with Crippen molar-refractivity contribution < 1.29 is 4.79 Å². The van der Waals surface area contributed by atoms with Gasteiger partial charge in [0.2, 0.25) is 0 Å². The van der Waals surface area contributed by atoms with Crippen LogP contribution in [-0.4, -0.2) is 15.7 Å². The van der Waals surface area contributed by atoms with Gasteiger partial charge in [-0.2, -0.15) is 0 Å². The summed E-state index contributed by atoms with van der Waals surface area (Å²) in [5.41, 5.74) is 3.96. The van der Waals surface area contributed by atoms with Gasteiger partial charge in [0.15, 0.2) is 5.78 Å². The zero-order valence-corrected chi connectivity index (χ0v) is 15.0. The van der Waals surface area contributed by atoms with Crippen molar-refractivity contribution in [3.8, 4) is 0 Å². The third-order valence-electron chi connectivity index (χ3n) is 3.83. The summed E-state index contributed by atoms with van der Waals surface area (Å²) in [6, 6.07) is 10.3. The van der Waals surface area contributed by atoms with Crippen molar-refractivity contribution in [2.24, 2.45) is 0 Å². The summed E-state index contributed by atoms with van der Waals surface area (Å²) >= 11 is 9.46. The molecule has 0 saturated heterocycles. The van der Waals surface area contributed by atoms with Crippen molar-refractivity contribution in [1.82, 2.24) is 4.57 Å². The van der Waals surface area contributed by atoms with E-state index in [1.54, 1.807) is 6.92 Å². The molecule has 4 heteroatoms. The highest BCUT2D eigenvalue weighted by atomic mass is 79.9. The maximum absolute atomic E-state index is 12.2. The average Bonchev–Trinajstić information content (AvgIpc) is 2.72. The monoisotopic (exact) mass is 367 g/mol. The second-order valence-corrected chi connectivity index (χ2v) is 6.94. The van der Waals surface area contributed by atoms with E-state index >= 15 is 0 Å². The second kappa shape index (κ2) is 6.37. The highest BCUT2D eigenvalue weighted by Gasteiger charge is 2.22. The molecular formula is C17H19BrClNO. The largest absolute Gasteiger partial charge is 0.341 e. The van der Waals surface area contributed by atoms with Crippen molar-refractivity contribution >= 4 is 33.3 Å². The number of rotatable bonds is 4. The number of halogens is 2. The number of hydrogen-bond acceptors (Lipinski definition) is 1. The van der Waals surface area contributed by atoms with Crippen LogP contribution in [0.25, 0.3) is 0 Å². The average molecular weight is 369 g/mol. The molecule has 0 bridgehead atoms. The first-order valence-corrected chi connectivity index (χ1v) is 8.18. The van der Waals surface area contributed by atoms with Crippen molar-refractivity contribution in [3.05, 3.63) is 57.3 Å². The summed E-state index contributed by atoms with van der Waals surface area (Å²) in [6.45, 7) is 7.86. The quantitative estimate of drug-likeness (QED) is 0.531. The van der Waals surface area contributed by atoms with E-state index in [0.717, 1.165) is 21.4 Å². The zero-order chi connectivity index (χ0) is 15.7. The van der Waals surface area contributed by atoms with E-state index in [-0.39, 0.29) is 11.8 Å². The molecular weight excluding hydrogens is 350 g/mol. The maximum atomic E-state index is 12.2. The van der Waals surface area contributed by atoms with Gasteiger partial charge in [-0.1, -0.05) is 28.1 Å². The third kappa shape index (κ3) is 3.24. The SMILES string of the molecule is Cc1cc(C(=O)C(C)Cl)c(C)n1C(C)c1cccc(Br)c1. The van der Waals surface area contributed by atoms with Crippen LogP contribution in [0.4, 0.5) is 0 Å². The van der Waals surface area contributed by atoms with Gasteiger partial charge in [-0.25, -0.2) is 0 Å². The number of hydrogen-bond donors (Lipinski definition) is 0. The first-order valence-electron chi connectivity index (χ1n) is 6.95. The first kappa shape index (κ1) is 16.3. The summed E-state index contributed by atoms with van der Waals surface area (Å²) in [4.78, 5) is 12.2. The summed E-state index contributed by atoms with van der Waals surface area (Å²) in [5.74, 6) is -0.0162. The Morgan fingerprint density at radius 2 is 1.90 bits per heavy atom. The van der Waals surface area contributed by atoms with Gasteiger partial charge >= 0.3 is 0 Å². The number of Topliss-reactive ketones (excluding diaryl/α,β-unsaturated/α-hetero) is 1. The standard InChI is InChI=1S/C17H19BrClNO/c1-10-8-16(17(21)11(2)19)13(4)20(10)12(3)14-6-5-7-15(18)9-14/h5-9,11-12H,1-4H3. The van der Waals surface area contributed by atoms with Gasteiger partial charge in [-0.15, -0.1) is 11.6 Å². The molecule has 2 aromatic rings. The topological polar surface area (TPSA) is 22.0 Å². The molecule has 0 aliphatic carbocycles. The minimum atomic E-state index is -0.500. The summed E-state index contributed by atoms with van der Waals surface area (Å²) in [7, 11) is 0. The van der Waals surface area contributed by atoms with E-state index in [0.29, 0.717) is 0 Å². The first-order chi connectivity index (χ1) is 9.82. The molecule has 1 aromatic carbocycles. The number of ketones is 1.